The van der Waals surface area contributed by atoms with Gasteiger partial charge in [-0.15, -0.1) is 0 Å². The van der Waals surface area contributed by atoms with E-state index in [9.17, 15) is 8.60 Å². The number of hydrogen-bond acceptors (Lipinski definition) is 2. The molecule has 1 aromatic rings. The molecule has 0 radical (unpaired) electrons. The van der Waals surface area contributed by atoms with Crippen LogP contribution in [0, 0.1) is 5.82 Å². The van der Waals surface area contributed by atoms with Crippen molar-refractivity contribution in [2.45, 2.75) is 36.6 Å². The van der Waals surface area contributed by atoms with Gasteiger partial charge < -0.3 is 5.32 Å². The number of rotatable bonds is 3. The third-order valence-corrected chi connectivity index (χ3v) is 3.92. The van der Waals surface area contributed by atoms with Crippen LogP contribution in [0.4, 0.5) is 10.1 Å². The minimum Gasteiger partial charge on any atom is -0.382 e. The van der Waals surface area contributed by atoms with Crippen molar-refractivity contribution >= 4 is 16.5 Å². The van der Waals surface area contributed by atoms with Gasteiger partial charge in [0.2, 0.25) is 0 Å². The highest BCUT2D eigenvalue weighted by Crippen LogP contribution is 2.24. The van der Waals surface area contributed by atoms with Crippen LogP contribution in [0.1, 0.15) is 25.7 Å². The average molecular weight is 241 g/mol. The molecular formula is C12H16FNOS. The summed E-state index contributed by atoms with van der Waals surface area (Å²) in [5.74, 6) is -0.385. The van der Waals surface area contributed by atoms with Crippen LogP contribution in [-0.2, 0) is 10.8 Å². The van der Waals surface area contributed by atoms with Gasteiger partial charge in [0.05, 0.1) is 15.7 Å². The molecule has 0 heterocycles. The van der Waals surface area contributed by atoms with Crippen LogP contribution in [0.15, 0.2) is 23.1 Å². The molecule has 1 fully saturated rings. The average Bonchev–Trinajstić information content (AvgIpc) is 2.70. The van der Waals surface area contributed by atoms with E-state index in [2.05, 4.69) is 5.32 Å². The van der Waals surface area contributed by atoms with E-state index < -0.39 is 10.8 Å². The van der Waals surface area contributed by atoms with Crippen molar-refractivity contribution in [1.29, 1.82) is 0 Å². The topological polar surface area (TPSA) is 29.1 Å². The summed E-state index contributed by atoms with van der Waals surface area (Å²) in [5, 5.41) is 3.31. The Balaban J connectivity index is 2.11. The van der Waals surface area contributed by atoms with Crippen LogP contribution in [0.25, 0.3) is 0 Å². The predicted octanol–water partition coefficient (Wildman–Crippen LogP) is 2.92. The molecule has 2 rings (SSSR count). The first-order valence-corrected chi connectivity index (χ1v) is 7.12. The lowest BCUT2D eigenvalue weighted by Crippen LogP contribution is -2.14. The smallest absolute Gasteiger partial charge is 0.141 e. The van der Waals surface area contributed by atoms with Crippen LogP contribution in [0.2, 0.25) is 0 Å². The zero-order valence-corrected chi connectivity index (χ0v) is 10.1. The van der Waals surface area contributed by atoms with Crippen molar-refractivity contribution < 1.29 is 8.60 Å². The van der Waals surface area contributed by atoms with Crippen LogP contribution in [0.3, 0.4) is 0 Å². The zero-order chi connectivity index (χ0) is 11.5. The van der Waals surface area contributed by atoms with E-state index in [4.69, 9.17) is 0 Å². The zero-order valence-electron chi connectivity index (χ0n) is 9.33. The van der Waals surface area contributed by atoms with Gasteiger partial charge in [-0.3, -0.25) is 4.21 Å². The van der Waals surface area contributed by atoms with Gasteiger partial charge in [0.15, 0.2) is 0 Å². The maximum Gasteiger partial charge on any atom is 0.141 e. The molecule has 1 aromatic carbocycles. The molecule has 0 aromatic heterocycles. The quantitative estimate of drug-likeness (QED) is 0.881. The Labute approximate surface area is 97.7 Å². The van der Waals surface area contributed by atoms with Gasteiger partial charge in [0, 0.05) is 18.0 Å². The Hall–Kier alpha value is -0.900. The normalized spacial score (nSPS) is 18.6. The Kier molecular flexibility index (Phi) is 3.59. The molecule has 1 atom stereocenters. The minimum atomic E-state index is -1.26. The van der Waals surface area contributed by atoms with Crippen molar-refractivity contribution in [2.75, 3.05) is 11.6 Å². The summed E-state index contributed by atoms with van der Waals surface area (Å²) in [6, 6.07) is 5.31. The first-order chi connectivity index (χ1) is 7.66. The van der Waals surface area contributed by atoms with Crippen LogP contribution in [-0.4, -0.2) is 16.5 Å². The van der Waals surface area contributed by atoms with Crippen molar-refractivity contribution in [2.24, 2.45) is 0 Å². The fourth-order valence-electron chi connectivity index (χ4n) is 2.13. The lowest BCUT2D eigenvalue weighted by molar-refractivity contribution is 0.596. The summed E-state index contributed by atoms with van der Waals surface area (Å²) in [5.41, 5.74) is 0.790. The Morgan fingerprint density at radius 3 is 2.62 bits per heavy atom. The number of nitrogens with one attached hydrogen (secondary N) is 1. The highest BCUT2D eigenvalue weighted by atomic mass is 32.2. The molecule has 88 valence electrons. The summed E-state index contributed by atoms with van der Waals surface area (Å²) in [7, 11) is -1.26. The second-order valence-corrected chi connectivity index (χ2v) is 5.57. The third kappa shape index (κ3) is 2.61. The lowest BCUT2D eigenvalue weighted by Gasteiger charge is -2.13. The monoisotopic (exact) mass is 241 g/mol. The molecule has 0 spiro atoms. The van der Waals surface area contributed by atoms with Crippen LogP contribution < -0.4 is 5.32 Å². The summed E-state index contributed by atoms with van der Waals surface area (Å²) >= 11 is 0. The summed E-state index contributed by atoms with van der Waals surface area (Å²) in [6.45, 7) is 0. The van der Waals surface area contributed by atoms with Crippen molar-refractivity contribution in [1.82, 2.24) is 0 Å². The largest absolute Gasteiger partial charge is 0.382 e. The number of benzene rings is 1. The molecule has 4 heteroatoms. The second kappa shape index (κ2) is 4.95. The van der Waals surface area contributed by atoms with Crippen LogP contribution >= 0.6 is 0 Å². The van der Waals surface area contributed by atoms with E-state index in [1.54, 1.807) is 12.1 Å². The van der Waals surface area contributed by atoms with Crippen molar-refractivity contribution in [3.8, 4) is 0 Å². The van der Waals surface area contributed by atoms with E-state index in [1.165, 1.54) is 25.2 Å². The fraction of sp³-hybridized carbons (Fsp3) is 0.500. The van der Waals surface area contributed by atoms with E-state index in [0.717, 1.165) is 18.5 Å². The Bertz CT molecular complexity index is 402. The van der Waals surface area contributed by atoms with E-state index in [0.29, 0.717) is 6.04 Å². The molecule has 1 N–H and O–H groups in total. The lowest BCUT2D eigenvalue weighted by atomic mass is 10.2. The maximum atomic E-state index is 13.5. The highest BCUT2D eigenvalue weighted by Gasteiger charge is 2.15. The second-order valence-electron chi connectivity index (χ2n) is 4.23. The molecule has 1 unspecified atom stereocenters. The SMILES string of the molecule is CS(=O)c1ccc(NC2CCCC2)cc1F. The first kappa shape index (κ1) is 11.6. The van der Waals surface area contributed by atoms with Crippen LogP contribution in [0.5, 0.6) is 0 Å². The summed E-state index contributed by atoms with van der Waals surface area (Å²) in [6.07, 6.45) is 6.29. The van der Waals surface area contributed by atoms with Crippen molar-refractivity contribution in [3.63, 3.8) is 0 Å². The standard InChI is InChI=1S/C12H16FNOS/c1-16(15)12-7-6-10(8-11(12)13)14-9-4-2-3-5-9/h6-9,14H,2-5H2,1H3. The minimum absolute atomic E-state index is 0.275. The predicted molar refractivity (Wildman–Crippen MR) is 64.6 cm³/mol. The van der Waals surface area contributed by atoms with Gasteiger partial charge in [0.1, 0.15) is 5.82 Å². The third-order valence-electron chi connectivity index (χ3n) is 2.97. The molecule has 16 heavy (non-hydrogen) atoms. The van der Waals surface area contributed by atoms with Gasteiger partial charge in [-0.05, 0) is 31.0 Å². The molecular weight excluding hydrogens is 225 g/mol. The summed E-state index contributed by atoms with van der Waals surface area (Å²) < 4.78 is 24.7. The van der Waals surface area contributed by atoms with Crippen molar-refractivity contribution in [3.05, 3.63) is 24.0 Å². The van der Waals surface area contributed by atoms with Gasteiger partial charge in [-0.2, -0.15) is 0 Å². The maximum absolute atomic E-state index is 13.5. The molecule has 0 saturated heterocycles. The molecule has 0 aliphatic heterocycles. The molecule has 1 aliphatic rings. The number of anilines is 1. The molecule has 2 nitrogen and oxygen atoms in total. The van der Waals surface area contributed by atoms with Gasteiger partial charge in [-0.25, -0.2) is 4.39 Å². The number of hydrogen-bond donors (Lipinski definition) is 1. The molecule has 1 aliphatic carbocycles. The highest BCUT2D eigenvalue weighted by molar-refractivity contribution is 7.84. The molecule has 1 saturated carbocycles. The van der Waals surface area contributed by atoms with E-state index in [-0.39, 0.29) is 10.7 Å². The van der Waals surface area contributed by atoms with E-state index in [1.807, 2.05) is 0 Å². The van der Waals surface area contributed by atoms with Gasteiger partial charge >= 0.3 is 0 Å². The Morgan fingerprint density at radius 1 is 1.38 bits per heavy atom. The number of halogens is 1. The molecule has 0 bridgehead atoms. The first-order valence-electron chi connectivity index (χ1n) is 5.56. The summed E-state index contributed by atoms with van der Waals surface area (Å²) in [4.78, 5) is 0.275. The Morgan fingerprint density at radius 2 is 2.06 bits per heavy atom. The fourth-order valence-corrected chi connectivity index (χ4v) is 2.72. The van der Waals surface area contributed by atoms with Gasteiger partial charge in [0.25, 0.3) is 0 Å². The van der Waals surface area contributed by atoms with E-state index >= 15 is 0 Å². The van der Waals surface area contributed by atoms with Gasteiger partial charge in [-0.1, -0.05) is 12.8 Å². The molecule has 0 amide bonds.